The van der Waals surface area contributed by atoms with Crippen LogP contribution in [-0.2, 0) is 14.3 Å². The molecule has 1 aliphatic rings. The van der Waals surface area contributed by atoms with Crippen molar-refractivity contribution in [1.82, 2.24) is 15.2 Å². The molecule has 8 nitrogen and oxygen atoms in total. The van der Waals surface area contributed by atoms with Gasteiger partial charge in [0, 0.05) is 26.7 Å². The van der Waals surface area contributed by atoms with Crippen molar-refractivity contribution in [2.24, 2.45) is 0 Å². The maximum atomic E-state index is 13.7. The van der Waals surface area contributed by atoms with Crippen molar-refractivity contribution >= 4 is 23.3 Å². The van der Waals surface area contributed by atoms with E-state index in [0.29, 0.717) is 37.8 Å². The maximum absolute atomic E-state index is 13.7. The van der Waals surface area contributed by atoms with E-state index in [4.69, 9.17) is 4.74 Å². The van der Waals surface area contributed by atoms with Gasteiger partial charge in [-0.25, -0.2) is 9.37 Å². The van der Waals surface area contributed by atoms with E-state index in [1.54, 1.807) is 25.2 Å². The van der Waals surface area contributed by atoms with E-state index >= 15 is 0 Å². The minimum Gasteiger partial charge on any atom is -0.379 e. The Kier molecular flexibility index (Phi) is 7.09. The van der Waals surface area contributed by atoms with Gasteiger partial charge in [0.25, 0.3) is 0 Å². The highest BCUT2D eigenvalue weighted by Crippen LogP contribution is 2.22. The number of hydrogen-bond donors (Lipinski definition) is 3. The summed E-state index contributed by atoms with van der Waals surface area (Å²) in [6, 6.07) is 9.33. The molecule has 3 N–H and O–H groups in total. The third kappa shape index (κ3) is 5.72. The van der Waals surface area contributed by atoms with E-state index in [1.807, 2.05) is 6.07 Å². The summed E-state index contributed by atoms with van der Waals surface area (Å²) in [7, 11) is 1.73. The molecule has 2 amide bonds. The number of nitrogens with one attached hydrogen (secondary N) is 3. The van der Waals surface area contributed by atoms with E-state index in [2.05, 4.69) is 25.8 Å². The van der Waals surface area contributed by atoms with Crippen LogP contribution in [0, 0.1) is 5.82 Å². The largest absolute Gasteiger partial charge is 0.379 e. The van der Waals surface area contributed by atoms with Gasteiger partial charge < -0.3 is 20.7 Å². The summed E-state index contributed by atoms with van der Waals surface area (Å²) in [5, 5.41) is 8.03. The number of hydrogen-bond acceptors (Lipinski definition) is 6. The fourth-order valence-corrected chi connectivity index (χ4v) is 3.13. The highest BCUT2D eigenvalue weighted by Gasteiger charge is 2.25. The van der Waals surface area contributed by atoms with Crippen LogP contribution in [0.4, 0.5) is 15.9 Å². The summed E-state index contributed by atoms with van der Waals surface area (Å²) in [5.41, 5.74) is 1.15. The van der Waals surface area contributed by atoms with Gasteiger partial charge in [-0.2, -0.15) is 0 Å². The van der Waals surface area contributed by atoms with Crippen molar-refractivity contribution in [2.45, 2.75) is 6.04 Å². The summed E-state index contributed by atoms with van der Waals surface area (Å²) >= 11 is 0. The zero-order valence-electron chi connectivity index (χ0n) is 16.2. The van der Waals surface area contributed by atoms with E-state index < -0.39 is 11.8 Å². The van der Waals surface area contributed by atoms with Gasteiger partial charge in [0.05, 0.1) is 31.1 Å². The third-order valence-electron chi connectivity index (χ3n) is 4.66. The predicted octanol–water partition coefficient (Wildman–Crippen LogP) is 1.39. The Morgan fingerprint density at radius 1 is 1.21 bits per heavy atom. The van der Waals surface area contributed by atoms with Crippen LogP contribution >= 0.6 is 0 Å². The lowest BCUT2D eigenvalue weighted by Gasteiger charge is -2.34. The van der Waals surface area contributed by atoms with Gasteiger partial charge in [0.2, 0.25) is 0 Å². The molecule has 154 valence electrons. The normalized spacial score (nSPS) is 15.4. The first-order chi connectivity index (χ1) is 14.1. The van der Waals surface area contributed by atoms with Crippen LogP contribution in [0.2, 0.25) is 0 Å². The van der Waals surface area contributed by atoms with Crippen LogP contribution in [-0.4, -0.2) is 61.6 Å². The smallest absolute Gasteiger partial charge is 0.313 e. The monoisotopic (exact) mass is 401 g/mol. The molecule has 29 heavy (non-hydrogen) atoms. The SMILES string of the molecule is CNc1ccc(NC(=O)C(=O)NCC(c2cccc(F)c2)N2CCOCC2)cn1. The number of rotatable bonds is 6. The predicted molar refractivity (Wildman–Crippen MR) is 107 cm³/mol. The van der Waals surface area contributed by atoms with Gasteiger partial charge in [-0.05, 0) is 29.8 Å². The quantitative estimate of drug-likeness (QED) is 0.633. The van der Waals surface area contributed by atoms with Gasteiger partial charge in [0.15, 0.2) is 0 Å². The van der Waals surface area contributed by atoms with Crippen molar-refractivity contribution in [3.8, 4) is 0 Å². The topological polar surface area (TPSA) is 95.6 Å². The summed E-state index contributed by atoms with van der Waals surface area (Å²) in [6.45, 7) is 2.62. The number of amides is 2. The first-order valence-electron chi connectivity index (χ1n) is 9.37. The van der Waals surface area contributed by atoms with Crippen LogP contribution in [0.3, 0.4) is 0 Å². The van der Waals surface area contributed by atoms with Crippen molar-refractivity contribution in [3.63, 3.8) is 0 Å². The van der Waals surface area contributed by atoms with Crippen molar-refractivity contribution in [1.29, 1.82) is 0 Å². The summed E-state index contributed by atoms with van der Waals surface area (Å²) in [5.74, 6) is -1.25. The van der Waals surface area contributed by atoms with Crippen molar-refractivity contribution in [3.05, 3.63) is 54.0 Å². The minimum atomic E-state index is -0.788. The Balaban J connectivity index is 1.62. The molecular weight excluding hydrogens is 377 g/mol. The molecule has 2 aromatic rings. The molecule has 0 bridgehead atoms. The van der Waals surface area contributed by atoms with E-state index in [9.17, 15) is 14.0 Å². The number of morpholine rings is 1. The summed E-state index contributed by atoms with van der Waals surface area (Å²) in [4.78, 5) is 30.7. The Bertz CT molecular complexity index is 840. The van der Waals surface area contributed by atoms with Crippen molar-refractivity contribution < 1.29 is 18.7 Å². The van der Waals surface area contributed by atoms with Crippen molar-refractivity contribution in [2.75, 3.05) is 50.5 Å². The standard InChI is InChI=1S/C20H24FN5O3/c1-22-18-6-5-16(12-23-18)25-20(28)19(27)24-13-17(26-7-9-29-10-8-26)14-3-2-4-15(21)11-14/h2-6,11-12,17H,7-10,13H2,1H3,(H,22,23)(H,24,27)(H,25,28). The summed E-state index contributed by atoms with van der Waals surface area (Å²) < 4.78 is 19.1. The van der Waals surface area contributed by atoms with Crippen LogP contribution in [0.5, 0.6) is 0 Å². The number of carbonyl (C=O) groups excluding carboxylic acids is 2. The zero-order chi connectivity index (χ0) is 20.6. The molecule has 2 heterocycles. The molecule has 1 aliphatic heterocycles. The highest BCUT2D eigenvalue weighted by atomic mass is 19.1. The number of ether oxygens (including phenoxy) is 1. The number of halogens is 1. The molecule has 1 saturated heterocycles. The van der Waals surface area contributed by atoms with Gasteiger partial charge in [-0.1, -0.05) is 12.1 Å². The number of carbonyl (C=O) groups is 2. The first-order valence-corrected chi connectivity index (χ1v) is 9.37. The molecule has 3 rings (SSSR count). The molecular formula is C20H24FN5O3. The number of pyridine rings is 1. The lowest BCUT2D eigenvalue weighted by atomic mass is 10.0. The Hall–Kier alpha value is -3.04. The molecule has 0 saturated carbocycles. The van der Waals surface area contributed by atoms with E-state index in [0.717, 1.165) is 5.56 Å². The molecule has 1 unspecified atom stereocenters. The Morgan fingerprint density at radius 3 is 2.66 bits per heavy atom. The number of aromatic nitrogens is 1. The average molecular weight is 401 g/mol. The molecule has 1 atom stereocenters. The zero-order valence-corrected chi connectivity index (χ0v) is 16.2. The van der Waals surface area contributed by atoms with Crippen LogP contribution in [0.1, 0.15) is 11.6 Å². The number of nitrogens with zero attached hydrogens (tertiary/aromatic N) is 2. The van der Waals surface area contributed by atoms with Crippen LogP contribution < -0.4 is 16.0 Å². The number of anilines is 2. The second kappa shape index (κ2) is 9.94. The molecule has 1 aromatic heterocycles. The Morgan fingerprint density at radius 2 is 2.00 bits per heavy atom. The molecule has 0 spiro atoms. The molecule has 0 radical (unpaired) electrons. The van der Waals surface area contributed by atoms with Gasteiger partial charge >= 0.3 is 11.8 Å². The highest BCUT2D eigenvalue weighted by molar-refractivity contribution is 6.39. The molecule has 1 aromatic carbocycles. The third-order valence-corrected chi connectivity index (χ3v) is 4.66. The van der Waals surface area contributed by atoms with E-state index in [-0.39, 0.29) is 18.4 Å². The minimum absolute atomic E-state index is 0.173. The maximum Gasteiger partial charge on any atom is 0.313 e. The lowest BCUT2D eigenvalue weighted by Crippen LogP contribution is -2.45. The average Bonchev–Trinajstić information content (AvgIpc) is 2.75. The fraction of sp³-hybridized carbons (Fsp3) is 0.350. The first kappa shape index (κ1) is 20.7. The molecule has 1 fully saturated rings. The van der Waals surface area contributed by atoms with Gasteiger partial charge in [-0.15, -0.1) is 0 Å². The van der Waals surface area contributed by atoms with Gasteiger partial charge in [-0.3, -0.25) is 14.5 Å². The van der Waals surface area contributed by atoms with Crippen LogP contribution in [0.25, 0.3) is 0 Å². The second-order valence-electron chi connectivity index (χ2n) is 6.57. The lowest BCUT2D eigenvalue weighted by molar-refractivity contribution is -0.136. The number of benzene rings is 1. The van der Waals surface area contributed by atoms with Crippen LogP contribution in [0.15, 0.2) is 42.6 Å². The second-order valence-corrected chi connectivity index (χ2v) is 6.57. The molecule has 0 aliphatic carbocycles. The Labute approximate surface area is 168 Å². The molecule has 9 heteroatoms. The van der Waals surface area contributed by atoms with E-state index in [1.165, 1.54) is 18.3 Å². The summed E-state index contributed by atoms with van der Waals surface area (Å²) in [6.07, 6.45) is 1.46. The van der Waals surface area contributed by atoms with Gasteiger partial charge in [0.1, 0.15) is 11.6 Å². The fourth-order valence-electron chi connectivity index (χ4n) is 3.13.